The first-order valence-electron chi connectivity index (χ1n) is 5.42. The topological polar surface area (TPSA) is 137 Å². The number of ether oxygens (including phenoxy) is 1. The molecule has 8 nitrogen and oxygen atoms in total. The molecule has 0 fully saturated rings. The molecular weight excluding hydrogens is 240 g/mol. The summed E-state index contributed by atoms with van der Waals surface area (Å²) < 4.78 is 4.76. The molecule has 0 spiro atoms. The van der Waals surface area contributed by atoms with E-state index in [0.717, 1.165) is 12.8 Å². The summed E-state index contributed by atoms with van der Waals surface area (Å²) in [7, 11) is 0. The molecule has 18 heavy (non-hydrogen) atoms. The van der Waals surface area contributed by atoms with Crippen LogP contribution in [0.15, 0.2) is 9.98 Å². The van der Waals surface area contributed by atoms with Crippen LogP contribution in [-0.4, -0.2) is 43.5 Å². The van der Waals surface area contributed by atoms with E-state index in [1.54, 1.807) is 0 Å². The Bertz CT molecular complexity index is 330. The van der Waals surface area contributed by atoms with E-state index in [4.69, 9.17) is 16.2 Å². The van der Waals surface area contributed by atoms with Gasteiger partial charge in [0.05, 0.1) is 0 Å². The summed E-state index contributed by atoms with van der Waals surface area (Å²) in [6, 6.07) is -0.766. The highest BCUT2D eigenvalue weighted by Gasteiger charge is 2.16. The first-order valence-corrected chi connectivity index (χ1v) is 5.42. The van der Waals surface area contributed by atoms with Crippen LogP contribution in [0.5, 0.6) is 0 Å². The highest BCUT2D eigenvalue weighted by Crippen LogP contribution is 2.01. The minimum Gasteiger partial charge on any atom is -0.460 e. The molecule has 0 amide bonds. The molecule has 0 aliphatic carbocycles. The molecule has 1 unspecified atom stereocenters. The predicted molar refractivity (Wildman–Crippen MR) is 61.9 cm³/mol. The van der Waals surface area contributed by atoms with E-state index in [0.29, 0.717) is 13.0 Å². The molecule has 0 bridgehead atoms. The minimum absolute atomic E-state index is 0.339. The molecule has 0 rings (SSSR count). The summed E-state index contributed by atoms with van der Waals surface area (Å²) in [5.74, 6) is -0.640. The first-order chi connectivity index (χ1) is 8.65. The van der Waals surface area contributed by atoms with Crippen LogP contribution in [0.2, 0.25) is 0 Å². The number of nitrogens with zero attached hydrogens (tertiary/aromatic N) is 2. The van der Waals surface area contributed by atoms with Crippen LogP contribution in [0, 0.1) is 0 Å². The Morgan fingerprint density at radius 2 is 1.83 bits per heavy atom. The number of carbonyl (C=O) groups is 1. The smallest absolute Gasteiger partial charge is 0.323 e. The van der Waals surface area contributed by atoms with Crippen LogP contribution in [0.25, 0.3) is 0 Å². The van der Waals surface area contributed by atoms with E-state index in [9.17, 15) is 14.4 Å². The van der Waals surface area contributed by atoms with Gasteiger partial charge in [-0.1, -0.05) is 6.42 Å². The zero-order chi connectivity index (χ0) is 13.8. The summed E-state index contributed by atoms with van der Waals surface area (Å²) in [4.78, 5) is 37.7. The van der Waals surface area contributed by atoms with Gasteiger partial charge in [-0.15, -0.1) is 0 Å². The van der Waals surface area contributed by atoms with Gasteiger partial charge < -0.3 is 16.2 Å². The normalized spacial score (nSPS) is 12.8. The number of hydrogen-bond donors (Lipinski definition) is 2. The molecule has 0 radical (unpaired) electrons. The lowest BCUT2D eigenvalue weighted by atomic mass is 10.1. The summed E-state index contributed by atoms with van der Waals surface area (Å²) in [5.41, 5.74) is 10.9. The number of unbranched alkanes of at least 4 members (excludes halogenated alkanes) is 1. The maximum Gasteiger partial charge on any atom is 0.323 e. The van der Waals surface area contributed by atoms with Gasteiger partial charge >= 0.3 is 5.97 Å². The van der Waals surface area contributed by atoms with E-state index in [2.05, 4.69) is 9.98 Å². The number of nitrogens with two attached hydrogens (primary N) is 2. The summed E-state index contributed by atoms with van der Waals surface area (Å²) >= 11 is 0. The van der Waals surface area contributed by atoms with Crippen LogP contribution < -0.4 is 11.5 Å². The molecule has 0 aromatic rings. The molecular formula is C10H16N4O4. The minimum atomic E-state index is -1.11. The van der Waals surface area contributed by atoms with Crippen molar-refractivity contribution in [1.82, 2.24) is 0 Å². The van der Waals surface area contributed by atoms with Crippen molar-refractivity contribution in [2.45, 2.75) is 31.5 Å². The third-order valence-electron chi connectivity index (χ3n) is 2.05. The van der Waals surface area contributed by atoms with Crippen molar-refractivity contribution in [3.05, 3.63) is 0 Å². The molecule has 8 heteroatoms. The number of isocyanates is 2. The van der Waals surface area contributed by atoms with Crippen molar-refractivity contribution in [2.75, 3.05) is 13.2 Å². The third kappa shape index (κ3) is 7.43. The molecule has 4 N–H and O–H groups in total. The number of rotatable bonds is 9. The van der Waals surface area contributed by atoms with Gasteiger partial charge in [-0.25, -0.2) is 9.59 Å². The van der Waals surface area contributed by atoms with Gasteiger partial charge in [-0.2, -0.15) is 9.98 Å². The zero-order valence-corrected chi connectivity index (χ0v) is 9.87. The second-order valence-electron chi connectivity index (χ2n) is 3.44. The van der Waals surface area contributed by atoms with E-state index < -0.39 is 18.2 Å². The summed E-state index contributed by atoms with van der Waals surface area (Å²) in [5, 5.41) is 0. The first kappa shape index (κ1) is 16.1. The molecule has 1 atom stereocenters. The molecule has 0 aromatic carbocycles. The Labute approximate surface area is 104 Å². The highest BCUT2D eigenvalue weighted by atomic mass is 16.5. The number of esters is 1. The quantitative estimate of drug-likeness (QED) is 0.234. The molecule has 0 saturated heterocycles. The van der Waals surface area contributed by atoms with E-state index >= 15 is 0 Å². The van der Waals surface area contributed by atoms with Crippen molar-refractivity contribution in [1.29, 1.82) is 0 Å². The Balaban J connectivity index is 4.06. The van der Waals surface area contributed by atoms with Crippen LogP contribution in [-0.2, 0) is 19.1 Å². The predicted octanol–water partition coefficient (Wildman–Crippen LogP) is -1.02. The molecule has 0 aliphatic heterocycles. The molecule has 0 aliphatic rings. The maximum atomic E-state index is 11.4. The van der Waals surface area contributed by atoms with Crippen molar-refractivity contribution < 1.29 is 19.1 Å². The molecule has 0 aromatic heterocycles. The Hall–Kier alpha value is -1.85. The lowest BCUT2D eigenvalue weighted by molar-refractivity contribution is -0.145. The van der Waals surface area contributed by atoms with Crippen LogP contribution >= 0.6 is 0 Å². The van der Waals surface area contributed by atoms with E-state index in [-0.39, 0.29) is 6.61 Å². The average molecular weight is 256 g/mol. The van der Waals surface area contributed by atoms with E-state index in [1.165, 1.54) is 12.2 Å². The van der Waals surface area contributed by atoms with Gasteiger partial charge in [0.15, 0.2) is 6.17 Å². The monoisotopic (exact) mass is 256 g/mol. The SMILES string of the molecule is NCCCCC(N)C(=O)OCC(N=C=O)N=C=O. The van der Waals surface area contributed by atoms with Gasteiger partial charge in [0.2, 0.25) is 12.2 Å². The number of hydrogen-bond acceptors (Lipinski definition) is 8. The Kier molecular flexibility index (Phi) is 9.25. The van der Waals surface area contributed by atoms with Crippen LogP contribution in [0.1, 0.15) is 19.3 Å². The van der Waals surface area contributed by atoms with E-state index in [1.807, 2.05) is 0 Å². The molecule has 0 saturated carbocycles. The largest absolute Gasteiger partial charge is 0.460 e. The fourth-order valence-corrected chi connectivity index (χ4v) is 1.12. The van der Waals surface area contributed by atoms with Gasteiger partial charge in [0, 0.05) is 0 Å². The van der Waals surface area contributed by atoms with Crippen molar-refractivity contribution in [2.24, 2.45) is 21.5 Å². The zero-order valence-electron chi connectivity index (χ0n) is 9.87. The van der Waals surface area contributed by atoms with Crippen molar-refractivity contribution >= 4 is 18.1 Å². The average Bonchev–Trinajstić information content (AvgIpc) is 2.36. The second kappa shape index (κ2) is 10.3. The van der Waals surface area contributed by atoms with Crippen LogP contribution in [0.3, 0.4) is 0 Å². The van der Waals surface area contributed by atoms with Crippen molar-refractivity contribution in [3.63, 3.8) is 0 Å². The number of carbonyl (C=O) groups excluding carboxylic acids is 3. The fourth-order valence-electron chi connectivity index (χ4n) is 1.12. The Morgan fingerprint density at radius 1 is 1.22 bits per heavy atom. The summed E-state index contributed by atoms with van der Waals surface area (Å²) in [6.07, 6.45) is 3.26. The second-order valence-corrected chi connectivity index (χ2v) is 3.44. The van der Waals surface area contributed by atoms with Gasteiger partial charge in [-0.3, -0.25) is 4.79 Å². The molecule has 0 heterocycles. The standard InChI is InChI=1S/C10H16N4O4/c11-4-2-1-3-8(12)10(17)18-5-9(13-6-15)14-7-16/h8-9H,1-5,11-12H2. The van der Waals surface area contributed by atoms with Crippen LogP contribution in [0.4, 0.5) is 0 Å². The highest BCUT2D eigenvalue weighted by molar-refractivity contribution is 5.75. The van der Waals surface area contributed by atoms with Gasteiger partial charge in [0.25, 0.3) is 0 Å². The fraction of sp³-hybridized carbons (Fsp3) is 0.700. The third-order valence-corrected chi connectivity index (χ3v) is 2.05. The molecule has 100 valence electrons. The van der Waals surface area contributed by atoms with Gasteiger partial charge in [-0.05, 0) is 19.4 Å². The van der Waals surface area contributed by atoms with Crippen molar-refractivity contribution in [3.8, 4) is 0 Å². The van der Waals surface area contributed by atoms with Gasteiger partial charge in [0.1, 0.15) is 12.6 Å². The Morgan fingerprint density at radius 3 is 2.33 bits per heavy atom. The lowest BCUT2D eigenvalue weighted by Gasteiger charge is -2.11. The maximum absolute atomic E-state index is 11.4. The number of aliphatic imine (C=N–C) groups is 2. The summed E-state index contributed by atoms with van der Waals surface area (Å²) in [6.45, 7) is 0.194. The lowest BCUT2D eigenvalue weighted by Crippen LogP contribution is -2.33.